The van der Waals surface area contributed by atoms with Gasteiger partial charge in [-0.25, -0.2) is 0 Å². The van der Waals surface area contributed by atoms with Crippen LogP contribution in [0.1, 0.15) is 10.4 Å². The van der Waals surface area contributed by atoms with Crippen LogP contribution in [0.5, 0.6) is 17.2 Å². The second-order valence-electron chi connectivity index (χ2n) is 5.68. The molecule has 3 rings (SSSR count). The lowest BCUT2D eigenvalue weighted by Gasteiger charge is -2.12. The standard InChI is InChI=1S/C21H21NO4/c1-24-17-7-9-18(10-8-17)26-12-11-22-21(23)19-13-15-5-3-4-6-16(15)14-20(19)25-2/h3-10,13-14H,11-12H2,1-2H3,(H,22,23). The number of hydrogen-bond acceptors (Lipinski definition) is 4. The van der Waals surface area contributed by atoms with Crippen LogP contribution >= 0.6 is 0 Å². The average Bonchev–Trinajstić information content (AvgIpc) is 2.70. The summed E-state index contributed by atoms with van der Waals surface area (Å²) >= 11 is 0. The van der Waals surface area contributed by atoms with E-state index < -0.39 is 0 Å². The maximum atomic E-state index is 12.5. The lowest BCUT2D eigenvalue weighted by atomic mass is 10.1. The van der Waals surface area contributed by atoms with Crippen LogP contribution in [0.4, 0.5) is 0 Å². The van der Waals surface area contributed by atoms with Crippen molar-refractivity contribution >= 4 is 16.7 Å². The minimum absolute atomic E-state index is 0.189. The van der Waals surface area contributed by atoms with Crippen LogP contribution < -0.4 is 19.5 Å². The first kappa shape index (κ1) is 17.6. The Morgan fingerprint density at radius 2 is 1.54 bits per heavy atom. The number of ether oxygens (including phenoxy) is 3. The molecular weight excluding hydrogens is 330 g/mol. The topological polar surface area (TPSA) is 56.8 Å². The Morgan fingerprint density at radius 1 is 0.885 bits per heavy atom. The molecule has 3 aromatic carbocycles. The maximum Gasteiger partial charge on any atom is 0.255 e. The molecule has 0 aliphatic carbocycles. The molecule has 26 heavy (non-hydrogen) atoms. The van der Waals surface area contributed by atoms with Gasteiger partial charge in [-0.15, -0.1) is 0 Å². The van der Waals surface area contributed by atoms with E-state index in [1.165, 1.54) is 0 Å². The average molecular weight is 351 g/mol. The molecule has 0 bridgehead atoms. The van der Waals surface area contributed by atoms with Crippen molar-refractivity contribution in [2.45, 2.75) is 0 Å². The van der Waals surface area contributed by atoms with E-state index in [1.54, 1.807) is 14.2 Å². The summed E-state index contributed by atoms with van der Waals surface area (Å²) in [5.41, 5.74) is 0.510. The van der Waals surface area contributed by atoms with Gasteiger partial charge in [0.25, 0.3) is 5.91 Å². The van der Waals surface area contributed by atoms with Crippen LogP contribution in [-0.4, -0.2) is 33.3 Å². The Bertz CT molecular complexity index is 890. The van der Waals surface area contributed by atoms with Crippen molar-refractivity contribution in [3.05, 3.63) is 66.2 Å². The van der Waals surface area contributed by atoms with E-state index in [0.717, 1.165) is 22.3 Å². The van der Waals surface area contributed by atoms with E-state index in [4.69, 9.17) is 14.2 Å². The quantitative estimate of drug-likeness (QED) is 0.660. The first-order valence-electron chi connectivity index (χ1n) is 8.33. The van der Waals surface area contributed by atoms with Crippen LogP contribution in [0.2, 0.25) is 0 Å². The molecule has 0 aliphatic rings. The molecule has 0 radical (unpaired) electrons. The molecule has 1 amide bonds. The van der Waals surface area contributed by atoms with E-state index in [2.05, 4.69) is 5.32 Å². The van der Waals surface area contributed by atoms with E-state index in [0.29, 0.717) is 24.5 Å². The maximum absolute atomic E-state index is 12.5. The van der Waals surface area contributed by atoms with E-state index >= 15 is 0 Å². The molecule has 0 heterocycles. The second-order valence-corrected chi connectivity index (χ2v) is 5.68. The van der Waals surface area contributed by atoms with Gasteiger partial charge in [0.15, 0.2) is 0 Å². The summed E-state index contributed by atoms with van der Waals surface area (Å²) in [6.07, 6.45) is 0. The third kappa shape index (κ3) is 4.06. The number of rotatable bonds is 7. The highest BCUT2D eigenvalue weighted by molar-refractivity contribution is 6.01. The Balaban J connectivity index is 1.60. The summed E-state index contributed by atoms with van der Waals surface area (Å²) in [5.74, 6) is 1.86. The molecule has 0 aliphatic heterocycles. The Labute approximate surface area is 152 Å². The van der Waals surface area contributed by atoms with Crippen molar-refractivity contribution in [1.29, 1.82) is 0 Å². The normalized spacial score (nSPS) is 10.4. The van der Waals surface area contributed by atoms with Crippen LogP contribution in [0, 0.1) is 0 Å². The minimum atomic E-state index is -0.189. The molecule has 0 atom stereocenters. The SMILES string of the molecule is COc1ccc(OCCNC(=O)c2cc3ccccc3cc2OC)cc1. The first-order valence-corrected chi connectivity index (χ1v) is 8.33. The highest BCUT2D eigenvalue weighted by Crippen LogP contribution is 2.25. The predicted octanol–water partition coefficient (Wildman–Crippen LogP) is 3.67. The Morgan fingerprint density at radius 3 is 2.19 bits per heavy atom. The largest absolute Gasteiger partial charge is 0.497 e. The van der Waals surface area contributed by atoms with Crippen LogP contribution in [0.15, 0.2) is 60.7 Å². The number of benzene rings is 3. The second kappa shape index (κ2) is 8.25. The number of methoxy groups -OCH3 is 2. The fraction of sp³-hybridized carbons (Fsp3) is 0.190. The van der Waals surface area contributed by atoms with Crippen LogP contribution in [-0.2, 0) is 0 Å². The fourth-order valence-corrected chi connectivity index (χ4v) is 2.67. The summed E-state index contributed by atoms with van der Waals surface area (Å²) in [4.78, 5) is 12.5. The van der Waals surface area contributed by atoms with Crippen molar-refractivity contribution < 1.29 is 19.0 Å². The van der Waals surface area contributed by atoms with E-state index in [1.807, 2.05) is 60.7 Å². The Kier molecular flexibility index (Phi) is 5.59. The van der Waals surface area contributed by atoms with Gasteiger partial charge in [-0.05, 0) is 47.2 Å². The minimum Gasteiger partial charge on any atom is -0.497 e. The number of fused-ring (bicyclic) bond motifs is 1. The highest BCUT2D eigenvalue weighted by atomic mass is 16.5. The number of amides is 1. The monoisotopic (exact) mass is 351 g/mol. The zero-order chi connectivity index (χ0) is 18.4. The molecule has 1 N–H and O–H groups in total. The van der Waals surface area contributed by atoms with Crippen LogP contribution in [0.3, 0.4) is 0 Å². The molecule has 0 aromatic heterocycles. The van der Waals surface area contributed by atoms with Crippen molar-refractivity contribution in [2.24, 2.45) is 0 Å². The van der Waals surface area contributed by atoms with Gasteiger partial charge >= 0.3 is 0 Å². The Hall–Kier alpha value is -3.21. The number of carbonyl (C=O) groups is 1. The third-order valence-electron chi connectivity index (χ3n) is 4.03. The molecule has 5 nitrogen and oxygen atoms in total. The zero-order valence-electron chi connectivity index (χ0n) is 14.8. The third-order valence-corrected chi connectivity index (χ3v) is 4.03. The summed E-state index contributed by atoms with van der Waals surface area (Å²) in [7, 11) is 3.18. The molecule has 5 heteroatoms. The molecule has 3 aromatic rings. The predicted molar refractivity (Wildman–Crippen MR) is 101 cm³/mol. The van der Waals surface area contributed by atoms with Crippen molar-refractivity contribution in [1.82, 2.24) is 5.32 Å². The molecule has 0 unspecified atom stereocenters. The summed E-state index contributed by atoms with van der Waals surface area (Å²) < 4.78 is 16.1. The number of nitrogens with one attached hydrogen (secondary N) is 1. The van der Waals surface area contributed by atoms with Crippen LogP contribution in [0.25, 0.3) is 10.8 Å². The highest BCUT2D eigenvalue weighted by Gasteiger charge is 2.13. The van der Waals surface area contributed by atoms with Crippen molar-refractivity contribution in [2.75, 3.05) is 27.4 Å². The van der Waals surface area contributed by atoms with Gasteiger partial charge in [-0.1, -0.05) is 24.3 Å². The first-order chi connectivity index (χ1) is 12.7. The molecule has 0 fully saturated rings. The van der Waals surface area contributed by atoms with E-state index in [9.17, 15) is 4.79 Å². The lowest BCUT2D eigenvalue weighted by Crippen LogP contribution is -2.28. The number of carbonyl (C=O) groups excluding carboxylic acids is 1. The lowest BCUT2D eigenvalue weighted by molar-refractivity contribution is 0.0944. The van der Waals surface area contributed by atoms with Gasteiger partial charge in [-0.3, -0.25) is 4.79 Å². The van der Waals surface area contributed by atoms with E-state index in [-0.39, 0.29) is 5.91 Å². The summed E-state index contributed by atoms with van der Waals surface area (Å²) in [5, 5.41) is 4.89. The van der Waals surface area contributed by atoms with Crippen molar-refractivity contribution in [3.63, 3.8) is 0 Å². The molecule has 0 saturated heterocycles. The zero-order valence-corrected chi connectivity index (χ0v) is 14.8. The molecular formula is C21H21NO4. The van der Waals surface area contributed by atoms with Gasteiger partial charge in [0.1, 0.15) is 23.9 Å². The number of hydrogen-bond donors (Lipinski definition) is 1. The molecule has 0 saturated carbocycles. The summed E-state index contributed by atoms with van der Waals surface area (Å²) in [6, 6.07) is 18.9. The van der Waals surface area contributed by atoms with Gasteiger partial charge in [0.05, 0.1) is 26.3 Å². The smallest absolute Gasteiger partial charge is 0.255 e. The molecule has 134 valence electrons. The van der Waals surface area contributed by atoms with Gasteiger partial charge < -0.3 is 19.5 Å². The summed E-state index contributed by atoms with van der Waals surface area (Å²) in [6.45, 7) is 0.759. The fourth-order valence-electron chi connectivity index (χ4n) is 2.67. The molecule has 0 spiro atoms. The van der Waals surface area contributed by atoms with Crippen molar-refractivity contribution in [3.8, 4) is 17.2 Å². The van der Waals surface area contributed by atoms with Gasteiger partial charge in [0, 0.05) is 0 Å². The van der Waals surface area contributed by atoms with Gasteiger partial charge in [0.2, 0.25) is 0 Å². The van der Waals surface area contributed by atoms with Gasteiger partial charge in [-0.2, -0.15) is 0 Å².